The molecular formula is C18H12FN3O2. The van der Waals surface area contributed by atoms with Gasteiger partial charge in [0.05, 0.1) is 22.3 Å². The molecule has 2 aromatic heterocycles. The minimum Gasteiger partial charge on any atom is -0.507 e. The SMILES string of the molecule is O=C(c1c[nH]c(-c2nc3ccccc3[nH]2)c1)c1cc(F)ccc1O. The van der Waals surface area contributed by atoms with Gasteiger partial charge in [-0.2, -0.15) is 0 Å². The third-order valence-electron chi connectivity index (χ3n) is 3.79. The fourth-order valence-electron chi connectivity index (χ4n) is 2.59. The van der Waals surface area contributed by atoms with E-state index in [0.29, 0.717) is 17.1 Å². The van der Waals surface area contributed by atoms with Crippen LogP contribution in [-0.2, 0) is 0 Å². The number of nitrogens with zero attached hydrogens (tertiary/aromatic N) is 1. The van der Waals surface area contributed by atoms with E-state index in [1.165, 1.54) is 6.20 Å². The number of ketones is 1. The molecule has 0 saturated heterocycles. The van der Waals surface area contributed by atoms with Crippen molar-refractivity contribution in [1.29, 1.82) is 0 Å². The van der Waals surface area contributed by atoms with Crippen LogP contribution in [0.15, 0.2) is 54.7 Å². The zero-order valence-electron chi connectivity index (χ0n) is 12.4. The number of hydrogen-bond acceptors (Lipinski definition) is 3. The molecule has 0 aliphatic heterocycles. The van der Waals surface area contributed by atoms with Crippen LogP contribution in [0.5, 0.6) is 5.75 Å². The topological polar surface area (TPSA) is 81.8 Å². The second-order valence-electron chi connectivity index (χ2n) is 5.40. The van der Waals surface area contributed by atoms with Crippen LogP contribution in [-0.4, -0.2) is 25.8 Å². The van der Waals surface area contributed by atoms with E-state index in [0.717, 1.165) is 29.2 Å². The third kappa shape index (κ3) is 2.34. The maximum atomic E-state index is 13.3. The molecule has 0 bridgehead atoms. The Bertz CT molecular complexity index is 1030. The number of aromatic nitrogens is 3. The first-order chi connectivity index (χ1) is 11.6. The van der Waals surface area contributed by atoms with Gasteiger partial charge < -0.3 is 15.1 Å². The molecule has 0 fully saturated rings. The van der Waals surface area contributed by atoms with Gasteiger partial charge in [-0.1, -0.05) is 12.1 Å². The number of nitrogens with one attached hydrogen (secondary N) is 2. The Balaban J connectivity index is 1.71. The Hall–Kier alpha value is -3.41. The van der Waals surface area contributed by atoms with Gasteiger partial charge >= 0.3 is 0 Å². The first-order valence-electron chi connectivity index (χ1n) is 7.28. The van der Waals surface area contributed by atoms with Crippen LogP contribution < -0.4 is 0 Å². The van der Waals surface area contributed by atoms with Crippen LogP contribution in [0.1, 0.15) is 15.9 Å². The van der Waals surface area contributed by atoms with Crippen molar-refractivity contribution in [2.75, 3.05) is 0 Å². The predicted molar refractivity (Wildman–Crippen MR) is 87.4 cm³/mol. The summed E-state index contributed by atoms with van der Waals surface area (Å²) in [6.07, 6.45) is 1.51. The number of H-pyrrole nitrogens is 2. The lowest BCUT2D eigenvalue weighted by atomic mass is 10.0. The predicted octanol–water partition coefficient (Wildman–Crippen LogP) is 3.63. The molecule has 2 aromatic carbocycles. The number of carbonyl (C=O) groups is 1. The Morgan fingerprint density at radius 1 is 1.12 bits per heavy atom. The number of hydrogen-bond donors (Lipinski definition) is 3. The van der Waals surface area contributed by atoms with Crippen LogP contribution in [0.25, 0.3) is 22.6 Å². The van der Waals surface area contributed by atoms with Gasteiger partial charge in [0.25, 0.3) is 0 Å². The van der Waals surface area contributed by atoms with Gasteiger partial charge in [0.1, 0.15) is 11.6 Å². The molecule has 24 heavy (non-hydrogen) atoms. The highest BCUT2D eigenvalue weighted by Gasteiger charge is 2.17. The van der Waals surface area contributed by atoms with Crippen molar-refractivity contribution in [3.05, 3.63) is 71.7 Å². The molecular weight excluding hydrogens is 309 g/mol. The second-order valence-corrected chi connectivity index (χ2v) is 5.40. The number of phenols is 1. The second kappa shape index (κ2) is 5.34. The number of aromatic amines is 2. The van der Waals surface area contributed by atoms with Crippen molar-refractivity contribution in [1.82, 2.24) is 15.0 Å². The molecule has 118 valence electrons. The van der Waals surface area contributed by atoms with Crippen molar-refractivity contribution < 1.29 is 14.3 Å². The Labute approximate surface area is 135 Å². The van der Waals surface area contributed by atoms with Gasteiger partial charge in [-0.25, -0.2) is 9.37 Å². The zero-order chi connectivity index (χ0) is 16.7. The largest absolute Gasteiger partial charge is 0.507 e. The van der Waals surface area contributed by atoms with E-state index in [9.17, 15) is 14.3 Å². The number of para-hydroxylation sites is 2. The summed E-state index contributed by atoms with van der Waals surface area (Å²) in [5, 5.41) is 9.77. The first kappa shape index (κ1) is 14.2. The number of phenolic OH excluding ortho intramolecular Hbond substituents is 1. The van der Waals surface area contributed by atoms with Crippen molar-refractivity contribution in [3.63, 3.8) is 0 Å². The smallest absolute Gasteiger partial charge is 0.198 e. The summed E-state index contributed by atoms with van der Waals surface area (Å²) >= 11 is 0. The summed E-state index contributed by atoms with van der Waals surface area (Å²) in [4.78, 5) is 23.1. The van der Waals surface area contributed by atoms with Crippen LogP contribution >= 0.6 is 0 Å². The maximum absolute atomic E-state index is 13.3. The summed E-state index contributed by atoms with van der Waals surface area (Å²) < 4.78 is 13.3. The molecule has 0 aliphatic rings. The van der Waals surface area contributed by atoms with Crippen molar-refractivity contribution >= 4 is 16.8 Å². The number of imidazole rings is 1. The van der Waals surface area contributed by atoms with Crippen LogP contribution in [0.3, 0.4) is 0 Å². The summed E-state index contributed by atoms with van der Waals surface area (Å²) in [7, 11) is 0. The van der Waals surface area contributed by atoms with E-state index in [4.69, 9.17) is 0 Å². The number of rotatable bonds is 3. The van der Waals surface area contributed by atoms with E-state index in [1.54, 1.807) is 6.07 Å². The van der Waals surface area contributed by atoms with Gasteiger partial charge in [-0.05, 0) is 36.4 Å². The zero-order valence-corrected chi connectivity index (χ0v) is 12.4. The highest BCUT2D eigenvalue weighted by Crippen LogP contribution is 2.24. The summed E-state index contributed by atoms with van der Waals surface area (Å²) in [5.41, 5.74) is 2.57. The fraction of sp³-hybridized carbons (Fsp3) is 0. The van der Waals surface area contributed by atoms with Gasteiger partial charge in [0.2, 0.25) is 0 Å². The molecule has 6 heteroatoms. The van der Waals surface area contributed by atoms with E-state index < -0.39 is 11.6 Å². The summed E-state index contributed by atoms with van der Waals surface area (Å²) in [5.74, 6) is -0.707. The quantitative estimate of drug-likeness (QED) is 0.504. The molecule has 0 atom stereocenters. The van der Waals surface area contributed by atoms with Gasteiger partial charge in [-0.3, -0.25) is 4.79 Å². The average molecular weight is 321 g/mol. The number of benzene rings is 2. The molecule has 0 aliphatic carbocycles. The lowest BCUT2D eigenvalue weighted by Gasteiger charge is -2.01. The number of aromatic hydroxyl groups is 1. The average Bonchev–Trinajstić information content (AvgIpc) is 3.22. The summed E-state index contributed by atoms with van der Waals surface area (Å²) in [6, 6.07) is 12.5. The molecule has 5 nitrogen and oxygen atoms in total. The Kier molecular flexibility index (Phi) is 3.16. The van der Waals surface area contributed by atoms with Crippen LogP contribution in [0.4, 0.5) is 4.39 Å². The molecule has 0 radical (unpaired) electrons. The number of fused-ring (bicyclic) bond motifs is 1. The van der Waals surface area contributed by atoms with Gasteiger partial charge in [0, 0.05) is 11.8 Å². The van der Waals surface area contributed by atoms with Crippen molar-refractivity contribution in [2.45, 2.75) is 0 Å². The van der Waals surface area contributed by atoms with E-state index in [1.807, 2.05) is 24.3 Å². The molecule has 4 rings (SSSR count). The standard InChI is InChI=1S/C18H12FN3O2/c19-11-5-6-16(23)12(8-11)17(24)10-7-15(20-9-10)18-21-13-3-1-2-4-14(13)22-18/h1-9,20,23H,(H,21,22). The third-order valence-corrected chi connectivity index (χ3v) is 3.79. The lowest BCUT2D eigenvalue weighted by molar-refractivity contribution is 0.103. The van der Waals surface area contributed by atoms with Crippen LogP contribution in [0.2, 0.25) is 0 Å². The van der Waals surface area contributed by atoms with E-state index >= 15 is 0 Å². The molecule has 0 saturated carbocycles. The number of halogens is 1. The normalized spacial score (nSPS) is 11.0. The van der Waals surface area contributed by atoms with Crippen molar-refractivity contribution in [3.8, 4) is 17.3 Å². The first-order valence-corrected chi connectivity index (χ1v) is 7.28. The molecule has 4 aromatic rings. The minimum atomic E-state index is -0.579. The monoisotopic (exact) mass is 321 g/mol. The lowest BCUT2D eigenvalue weighted by Crippen LogP contribution is -2.00. The summed E-state index contributed by atoms with van der Waals surface area (Å²) in [6.45, 7) is 0. The van der Waals surface area contributed by atoms with Crippen molar-refractivity contribution in [2.24, 2.45) is 0 Å². The van der Waals surface area contributed by atoms with E-state index in [-0.39, 0.29) is 11.3 Å². The fourth-order valence-corrected chi connectivity index (χ4v) is 2.59. The Morgan fingerprint density at radius 3 is 2.79 bits per heavy atom. The minimum absolute atomic E-state index is 0.0786. The van der Waals surface area contributed by atoms with Gasteiger partial charge in [-0.15, -0.1) is 0 Å². The molecule has 0 amide bonds. The van der Waals surface area contributed by atoms with Crippen LogP contribution in [0, 0.1) is 5.82 Å². The highest BCUT2D eigenvalue weighted by atomic mass is 19.1. The Morgan fingerprint density at radius 2 is 1.96 bits per heavy atom. The van der Waals surface area contributed by atoms with E-state index in [2.05, 4.69) is 15.0 Å². The molecule has 0 unspecified atom stereocenters. The highest BCUT2D eigenvalue weighted by molar-refractivity contribution is 6.11. The number of carbonyl (C=O) groups excluding carboxylic acids is 1. The van der Waals surface area contributed by atoms with Gasteiger partial charge in [0.15, 0.2) is 11.6 Å². The maximum Gasteiger partial charge on any atom is 0.198 e. The molecule has 3 N–H and O–H groups in total. The molecule has 0 spiro atoms. The molecule has 2 heterocycles.